The van der Waals surface area contributed by atoms with Gasteiger partial charge in [0, 0.05) is 0 Å². The highest BCUT2D eigenvalue weighted by atomic mass is 16.3. The first kappa shape index (κ1) is 12.9. The summed E-state index contributed by atoms with van der Waals surface area (Å²) in [4.78, 5) is 0. The van der Waals surface area contributed by atoms with Gasteiger partial charge < -0.3 is 10.2 Å². The van der Waals surface area contributed by atoms with Crippen molar-refractivity contribution in [2.75, 3.05) is 0 Å². The summed E-state index contributed by atoms with van der Waals surface area (Å²) in [6, 6.07) is 0. The smallest absolute Gasteiger partial charge is 0.0564 e. The van der Waals surface area contributed by atoms with Gasteiger partial charge in [0.15, 0.2) is 0 Å². The second-order valence-corrected chi connectivity index (χ2v) is 3.83. The van der Waals surface area contributed by atoms with E-state index < -0.39 is 0 Å². The molecular formula is C11H24O2. The average molecular weight is 188 g/mol. The summed E-state index contributed by atoms with van der Waals surface area (Å²) in [5.41, 5.74) is 0. The summed E-state index contributed by atoms with van der Waals surface area (Å²) in [6.45, 7) is 4.22. The van der Waals surface area contributed by atoms with E-state index >= 15 is 0 Å². The van der Waals surface area contributed by atoms with Crippen molar-refractivity contribution in [1.82, 2.24) is 0 Å². The molecule has 0 aliphatic heterocycles. The van der Waals surface area contributed by atoms with Crippen molar-refractivity contribution >= 4 is 0 Å². The third-order valence-electron chi connectivity index (χ3n) is 2.33. The summed E-state index contributed by atoms with van der Waals surface area (Å²) in [5.74, 6) is 0. The van der Waals surface area contributed by atoms with Gasteiger partial charge >= 0.3 is 0 Å². The molecule has 0 spiro atoms. The average Bonchev–Trinajstić information content (AvgIpc) is 2.11. The molecule has 0 bridgehead atoms. The predicted octanol–water partition coefficient (Wildman–Crippen LogP) is 2.48. The summed E-state index contributed by atoms with van der Waals surface area (Å²) < 4.78 is 0. The van der Waals surface area contributed by atoms with E-state index in [0.29, 0.717) is 6.42 Å². The van der Waals surface area contributed by atoms with Gasteiger partial charge in [-0.05, 0) is 19.3 Å². The van der Waals surface area contributed by atoms with E-state index in [-0.39, 0.29) is 12.2 Å². The van der Waals surface area contributed by atoms with E-state index in [1.807, 2.05) is 0 Å². The highest BCUT2D eigenvalue weighted by Gasteiger charge is 2.10. The lowest BCUT2D eigenvalue weighted by Crippen LogP contribution is -2.17. The van der Waals surface area contributed by atoms with Crippen LogP contribution in [0.25, 0.3) is 0 Å². The van der Waals surface area contributed by atoms with E-state index in [9.17, 15) is 10.2 Å². The van der Waals surface area contributed by atoms with Gasteiger partial charge in [-0.2, -0.15) is 0 Å². The van der Waals surface area contributed by atoms with Crippen molar-refractivity contribution in [2.24, 2.45) is 0 Å². The molecule has 0 saturated carbocycles. The van der Waals surface area contributed by atoms with Crippen molar-refractivity contribution in [2.45, 2.75) is 71.0 Å². The minimum Gasteiger partial charge on any atom is -0.393 e. The number of hydrogen-bond donors (Lipinski definition) is 2. The number of rotatable bonds is 8. The Bertz CT molecular complexity index is 92.3. The van der Waals surface area contributed by atoms with Crippen LogP contribution in [-0.2, 0) is 0 Å². The molecule has 13 heavy (non-hydrogen) atoms. The zero-order chi connectivity index (χ0) is 10.1. The molecule has 2 nitrogen and oxygen atoms in total. The fraction of sp³-hybridized carbons (Fsp3) is 1.00. The molecule has 0 fully saturated rings. The molecule has 0 saturated heterocycles. The van der Waals surface area contributed by atoms with E-state index in [0.717, 1.165) is 38.5 Å². The normalized spacial score (nSPS) is 15.7. The largest absolute Gasteiger partial charge is 0.393 e. The molecule has 2 N–H and O–H groups in total. The zero-order valence-electron chi connectivity index (χ0n) is 9.00. The molecule has 0 aromatic heterocycles. The number of aliphatic hydroxyl groups excluding tert-OH is 2. The first-order valence-corrected chi connectivity index (χ1v) is 5.56. The van der Waals surface area contributed by atoms with Crippen LogP contribution in [0, 0.1) is 0 Å². The maximum absolute atomic E-state index is 9.49. The van der Waals surface area contributed by atoms with Gasteiger partial charge in [-0.1, -0.05) is 39.5 Å². The molecule has 0 aliphatic rings. The van der Waals surface area contributed by atoms with Crippen molar-refractivity contribution < 1.29 is 10.2 Å². The topological polar surface area (TPSA) is 40.5 Å². The quantitative estimate of drug-likeness (QED) is 0.614. The summed E-state index contributed by atoms with van der Waals surface area (Å²) >= 11 is 0. The van der Waals surface area contributed by atoms with Crippen LogP contribution in [0.3, 0.4) is 0 Å². The molecule has 0 aromatic rings. The number of aliphatic hydroxyl groups is 2. The maximum atomic E-state index is 9.49. The molecule has 0 heterocycles. The minimum atomic E-state index is -0.299. The molecule has 0 aliphatic carbocycles. The van der Waals surface area contributed by atoms with Crippen LogP contribution in [0.1, 0.15) is 58.8 Å². The Kier molecular flexibility index (Phi) is 8.46. The van der Waals surface area contributed by atoms with Gasteiger partial charge in [0.2, 0.25) is 0 Å². The lowest BCUT2D eigenvalue weighted by Gasteiger charge is -2.14. The van der Waals surface area contributed by atoms with Crippen LogP contribution >= 0.6 is 0 Å². The monoisotopic (exact) mass is 188 g/mol. The third kappa shape index (κ3) is 8.26. The van der Waals surface area contributed by atoms with Crippen LogP contribution < -0.4 is 0 Å². The van der Waals surface area contributed by atoms with Crippen molar-refractivity contribution in [1.29, 1.82) is 0 Å². The standard InChI is InChI=1S/C11H24O2/c1-3-5-7-10(12)9-11(13)8-6-4-2/h10-13H,3-9H2,1-2H3/t10-,11+. The van der Waals surface area contributed by atoms with E-state index in [1.54, 1.807) is 0 Å². The van der Waals surface area contributed by atoms with Crippen LogP contribution in [0.5, 0.6) is 0 Å². The van der Waals surface area contributed by atoms with Crippen molar-refractivity contribution in [3.05, 3.63) is 0 Å². The van der Waals surface area contributed by atoms with Crippen molar-refractivity contribution in [3.63, 3.8) is 0 Å². The molecule has 0 radical (unpaired) electrons. The summed E-state index contributed by atoms with van der Waals surface area (Å²) in [6.07, 6.45) is 5.96. The van der Waals surface area contributed by atoms with E-state index in [2.05, 4.69) is 13.8 Å². The Hall–Kier alpha value is -0.0800. The third-order valence-corrected chi connectivity index (χ3v) is 2.33. The van der Waals surface area contributed by atoms with Gasteiger partial charge in [0.1, 0.15) is 0 Å². The SMILES string of the molecule is CCCC[C@@H](O)C[C@@H](O)CCCC. The molecule has 2 heteroatoms. The van der Waals surface area contributed by atoms with Gasteiger partial charge in [-0.25, -0.2) is 0 Å². The Morgan fingerprint density at radius 3 is 1.54 bits per heavy atom. The summed E-state index contributed by atoms with van der Waals surface area (Å²) in [5, 5.41) is 19.0. The molecule has 0 unspecified atom stereocenters. The first-order chi connectivity index (χ1) is 6.20. The first-order valence-electron chi connectivity index (χ1n) is 5.56. The van der Waals surface area contributed by atoms with E-state index in [1.165, 1.54) is 0 Å². The summed E-state index contributed by atoms with van der Waals surface area (Å²) in [7, 11) is 0. The molecule has 0 rings (SSSR count). The maximum Gasteiger partial charge on any atom is 0.0564 e. The van der Waals surface area contributed by atoms with Gasteiger partial charge in [-0.3, -0.25) is 0 Å². The zero-order valence-corrected chi connectivity index (χ0v) is 9.00. The van der Waals surface area contributed by atoms with E-state index in [4.69, 9.17) is 0 Å². The fourth-order valence-electron chi connectivity index (χ4n) is 1.43. The van der Waals surface area contributed by atoms with Crippen LogP contribution in [0.15, 0.2) is 0 Å². The van der Waals surface area contributed by atoms with Gasteiger partial charge in [0.25, 0.3) is 0 Å². The molecule has 80 valence electrons. The molecule has 0 aromatic carbocycles. The minimum absolute atomic E-state index is 0.299. The Balaban J connectivity index is 3.35. The second-order valence-electron chi connectivity index (χ2n) is 3.83. The Morgan fingerprint density at radius 1 is 0.846 bits per heavy atom. The number of hydrogen-bond acceptors (Lipinski definition) is 2. The van der Waals surface area contributed by atoms with Crippen LogP contribution in [0.4, 0.5) is 0 Å². The Morgan fingerprint density at radius 2 is 1.23 bits per heavy atom. The number of unbranched alkanes of at least 4 members (excludes halogenated alkanes) is 2. The lowest BCUT2D eigenvalue weighted by molar-refractivity contribution is 0.0686. The molecular weight excluding hydrogens is 164 g/mol. The highest BCUT2D eigenvalue weighted by molar-refractivity contribution is 4.63. The lowest BCUT2D eigenvalue weighted by atomic mass is 10.0. The molecule has 2 atom stereocenters. The van der Waals surface area contributed by atoms with Crippen LogP contribution in [0.2, 0.25) is 0 Å². The Labute approximate surface area is 82.0 Å². The second kappa shape index (κ2) is 8.52. The highest BCUT2D eigenvalue weighted by Crippen LogP contribution is 2.11. The predicted molar refractivity (Wildman–Crippen MR) is 55.7 cm³/mol. The fourth-order valence-corrected chi connectivity index (χ4v) is 1.43. The molecule has 0 amide bonds. The van der Waals surface area contributed by atoms with Crippen molar-refractivity contribution in [3.8, 4) is 0 Å². The van der Waals surface area contributed by atoms with Gasteiger partial charge in [0.05, 0.1) is 12.2 Å². The van der Waals surface area contributed by atoms with Gasteiger partial charge in [-0.15, -0.1) is 0 Å². The van der Waals surface area contributed by atoms with Crippen LogP contribution in [-0.4, -0.2) is 22.4 Å².